The van der Waals surface area contributed by atoms with Crippen LogP contribution in [-0.4, -0.2) is 28.3 Å². The van der Waals surface area contributed by atoms with Crippen LogP contribution in [0.15, 0.2) is 110 Å². The van der Waals surface area contributed by atoms with Gasteiger partial charge in [0, 0.05) is 12.4 Å². The number of esters is 1. The molecule has 0 aliphatic carbocycles. The van der Waals surface area contributed by atoms with Crippen molar-refractivity contribution in [3.05, 3.63) is 110 Å². The van der Waals surface area contributed by atoms with E-state index in [2.05, 4.69) is 114 Å². The van der Waals surface area contributed by atoms with Crippen LogP contribution < -0.4 is 15.9 Å². The van der Waals surface area contributed by atoms with Crippen LogP contribution in [0.1, 0.15) is 116 Å². The van der Waals surface area contributed by atoms with Gasteiger partial charge in [0.15, 0.2) is 0 Å². The summed E-state index contributed by atoms with van der Waals surface area (Å²) in [7, 11) is -2.28. The summed E-state index contributed by atoms with van der Waals surface area (Å²) in [6.45, 7) is 2.76. The first-order valence-corrected chi connectivity index (χ1v) is 20.7. The maximum atomic E-state index is 12.7. The summed E-state index contributed by atoms with van der Waals surface area (Å²) in [5.74, 6) is -0.0533. The maximum Gasteiger partial charge on any atom is 0.0948 e. The standard InChI is InChI=1S/C42H59N2O2P/c1-2-3-4-5-6-7-8-14-24-38(44-34-33-43-37-44)25-15-9-10-22-32-42(45)46-35-23-36-47(39-26-16-11-17-27-39,40-28-18-12-19-29-40)41-30-20-13-21-31-41/h11-13,16-21,26-31,33-34,37-38,47H,2-10,14-15,22-25,32,35-36H2,1H3. The molecule has 4 aromatic rings. The van der Waals surface area contributed by atoms with Gasteiger partial charge in [-0.05, 0) is 6.42 Å². The third kappa shape index (κ3) is 12.1. The van der Waals surface area contributed by atoms with Gasteiger partial charge in [-0.2, -0.15) is 0 Å². The fourth-order valence-electron chi connectivity index (χ4n) is 7.14. The molecule has 1 atom stereocenters. The molecule has 0 radical (unpaired) electrons. The summed E-state index contributed by atoms with van der Waals surface area (Å²) in [6, 6.07) is 33.4. The predicted octanol–water partition coefficient (Wildman–Crippen LogP) is 9.96. The Kier molecular flexibility index (Phi) is 16.8. The van der Waals surface area contributed by atoms with Crippen LogP contribution in [0, 0.1) is 0 Å². The van der Waals surface area contributed by atoms with E-state index in [4.69, 9.17) is 4.74 Å². The summed E-state index contributed by atoms with van der Waals surface area (Å²) in [5, 5.41) is 4.20. The van der Waals surface area contributed by atoms with E-state index in [1.165, 1.54) is 86.5 Å². The minimum absolute atomic E-state index is 0.0533. The van der Waals surface area contributed by atoms with Gasteiger partial charge in [-0.15, -0.1) is 0 Å². The average molecular weight is 655 g/mol. The molecule has 0 spiro atoms. The summed E-state index contributed by atoms with van der Waals surface area (Å²) in [5.41, 5.74) is 0. The van der Waals surface area contributed by atoms with Crippen LogP contribution in [0.25, 0.3) is 0 Å². The Hall–Kier alpha value is -3.23. The van der Waals surface area contributed by atoms with Crippen molar-refractivity contribution in [2.24, 2.45) is 0 Å². The smallest absolute Gasteiger partial charge is 0.0948 e. The molecule has 0 aliphatic heterocycles. The fourth-order valence-corrected chi connectivity index (χ4v) is 12.0. The second-order valence-electron chi connectivity index (χ2n) is 13.2. The van der Waals surface area contributed by atoms with E-state index in [-0.39, 0.29) is 5.97 Å². The number of carbonyl (C=O) groups excluding carboxylic acids is 1. The SMILES string of the molecule is CCCCCCCCCCC(CCCCCCC(=O)OCCC[PH](c1ccccc1)(c1ccccc1)c1ccccc1)n1ccnc1. The summed E-state index contributed by atoms with van der Waals surface area (Å²) < 4.78 is 8.11. The van der Waals surface area contributed by atoms with E-state index in [1.807, 2.05) is 12.5 Å². The number of hydrogen-bond acceptors (Lipinski definition) is 3. The molecule has 0 amide bonds. The Morgan fingerprint density at radius 3 is 1.64 bits per heavy atom. The molecule has 0 N–H and O–H groups in total. The number of unbranched alkanes of at least 4 members (excludes halogenated alkanes) is 10. The van der Waals surface area contributed by atoms with Crippen molar-refractivity contribution in [2.45, 2.75) is 116 Å². The molecule has 0 fully saturated rings. The zero-order chi connectivity index (χ0) is 32.8. The van der Waals surface area contributed by atoms with Crippen LogP contribution in [-0.2, 0) is 9.53 Å². The van der Waals surface area contributed by atoms with Crippen molar-refractivity contribution in [3.8, 4) is 0 Å². The average Bonchev–Trinajstić information content (AvgIpc) is 3.66. The quantitative estimate of drug-likeness (QED) is 0.0429. The Bertz CT molecular complexity index is 1250. The fraction of sp³-hybridized carbons (Fsp3) is 0.476. The number of aromatic nitrogens is 2. The first kappa shape index (κ1) is 36.6. The largest absolute Gasteiger partial charge is 0.334 e. The van der Waals surface area contributed by atoms with Gasteiger partial charge in [-0.1, -0.05) is 58.3 Å². The molecule has 0 saturated carbocycles. The van der Waals surface area contributed by atoms with Gasteiger partial charge in [-0.3, -0.25) is 0 Å². The maximum absolute atomic E-state index is 12.7. The van der Waals surface area contributed by atoms with E-state index in [0.717, 1.165) is 31.8 Å². The third-order valence-electron chi connectivity index (χ3n) is 9.76. The van der Waals surface area contributed by atoms with Gasteiger partial charge >= 0.3 is 193 Å². The van der Waals surface area contributed by atoms with Crippen molar-refractivity contribution in [3.63, 3.8) is 0 Å². The van der Waals surface area contributed by atoms with Crippen LogP contribution >= 0.6 is 7.26 Å². The molecule has 3 aromatic carbocycles. The molecule has 1 unspecified atom stereocenters. The van der Waals surface area contributed by atoms with E-state index in [9.17, 15) is 4.79 Å². The van der Waals surface area contributed by atoms with Crippen LogP contribution in [0.2, 0.25) is 0 Å². The molecule has 5 heteroatoms. The second-order valence-corrected chi connectivity index (χ2v) is 17.3. The molecular formula is C42H59N2O2P. The van der Waals surface area contributed by atoms with E-state index in [1.54, 1.807) is 0 Å². The summed E-state index contributed by atoms with van der Waals surface area (Å²) >= 11 is 0. The normalized spacial score (nSPS) is 12.5. The minimum Gasteiger partial charge on any atom is -0.334 e. The van der Waals surface area contributed by atoms with Crippen LogP contribution in [0.3, 0.4) is 0 Å². The molecule has 4 rings (SSSR count). The topological polar surface area (TPSA) is 44.1 Å². The van der Waals surface area contributed by atoms with Crippen molar-refractivity contribution >= 4 is 29.1 Å². The number of nitrogens with zero attached hydrogens (tertiary/aromatic N) is 2. The molecule has 47 heavy (non-hydrogen) atoms. The van der Waals surface area contributed by atoms with Gasteiger partial charge in [0.25, 0.3) is 0 Å². The van der Waals surface area contributed by atoms with Crippen molar-refractivity contribution in [2.75, 3.05) is 12.8 Å². The zero-order valence-electron chi connectivity index (χ0n) is 28.9. The van der Waals surface area contributed by atoms with Gasteiger partial charge in [0.1, 0.15) is 0 Å². The number of carbonyl (C=O) groups is 1. The molecule has 0 aliphatic rings. The first-order chi connectivity index (χ1) is 23.2. The predicted molar refractivity (Wildman–Crippen MR) is 203 cm³/mol. The molecular weight excluding hydrogens is 595 g/mol. The molecule has 1 heterocycles. The summed E-state index contributed by atoms with van der Waals surface area (Å²) in [4.78, 5) is 17.0. The molecule has 0 bridgehead atoms. The third-order valence-corrected chi connectivity index (χ3v) is 14.8. The molecule has 4 nitrogen and oxygen atoms in total. The Morgan fingerprint density at radius 2 is 1.15 bits per heavy atom. The van der Waals surface area contributed by atoms with Crippen LogP contribution in [0.4, 0.5) is 0 Å². The zero-order valence-corrected chi connectivity index (χ0v) is 29.9. The Labute approximate surface area is 285 Å². The Balaban J connectivity index is 1.17. The second kappa shape index (κ2) is 21.6. The molecule has 0 saturated heterocycles. The number of imidazole rings is 1. The van der Waals surface area contributed by atoms with E-state index < -0.39 is 7.26 Å². The minimum atomic E-state index is -2.28. The van der Waals surface area contributed by atoms with Crippen molar-refractivity contribution in [1.29, 1.82) is 0 Å². The van der Waals surface area contributed by atoms with Gasteiger partial charge < -0.3 is 4.57 Å². The number of benzene rings is 3. The Morgan fingerprint density at radius 1 is 0.660 bits per heavy atom. The van der Waals surface area contributed by atoms with Crippen molar-refractivity contribution < 1.29 is 9.53 Å². The summed E-state index contributed by atoms with van der Waals surface area (Å²) in [6.07, 6.45) is 26.0. The van der Waals surface area contributed by atoms with Gasteiger partial charge in [0.05, 0.1) is 6.33 Å². The first-order valence-electron chi connectivity index (χ1n) is 18.5. The van der Waals surface area contributed by atoms with Gasteiger partial charge in [0.2, 0.25) is 0 Å². The van der Waals surface area contributed by atoms with Gasteiger partial charge in [-0.25, -0.2) is 4.98 Å². The molecule has 254 valence electrons. The molecule has 1 aromatic heterocycles. The van der Waals surface area contributed by atoms with Crippen LogP contribution in [0.5, 0.6) is 0 Å². The number of ether oxygens (including phenoxy) is 1. The number of hydrogen-bond donors (Lipinski definition) is 0. The van der Waals surface area contributed by atoms with E-state index >= 15 is 0 Å². The monoisotopic (exact) mass is 654 g/mol. The van der Waals surface area contributed by atoms with Crippen molar-refractivity contribution in [1.82, 2.24) is 9.55 Å². The van der Waals surface area contributed by atoms with E-state index in [0.29, 0.717) is 19.1 Å². The number of rotatable bonds is 24.